The van der Waals surface area contributed by atoms with Crippen molar-refractivity contribution in [2.24, 2.45) is 0 Å². The quantitative estimate of drug-likeness (QED) is 0.383. The molecule has 2 amide bonds. The monoisotopic (exact) mass is 407 g/mol. The minimum absolute atomic E-state index is 0.0981. The van der Waals surface area contributed by atoms with Crippen LogP contribution in [0.25, 0.3) is 17.3 Å². The van der Waals surface area contributed by atoms with Gasteiger partial charge in [-0.25, -0.2) is 0 Å². The molecule has 3 heterocycles. The first kappa shape index (κ1) is 18.6. The fraction of sp³-hybridized carbons (Fsp3) is 0.0417. The molecule has 0 saturated carbocycles. The van der Waals surface area contributed by atoms with Gasteiger partial charge in [-0.2, -0.15) is 9.90 Å². The summed E-state index contributed by atoms with van der Waals surface area (Å²) < 4.78 is 0. The predicted molar refractivity (Wildman–Crippen MR) is 115 cm³/mol. The predicted octanol–water partition coefficient (Wildman–Crippen LogP) is 3.39. The molecule has 7 heteroatoms. The average molecular weight is 407 g/mol. The summed E-state index contributed by atoms with van der Waals surface area (Å²) >= 11 is 0. The van der Waals surface area contributed by atoms with E-state index in [9.17, 15) is 9.59 Å². The highest BCUT2D eigenvalue weighted by Gasteiger charge is 2.35. The van der Waals surface area contributed by atoms with Crippen molar-refractivity contribution < 1.29 is 9.59 Å². The highest BCUT2D eigenvalue weighted by atomic mass is 16.2. The number of imide groups is 1. The summed E-state index contributed by atoms with van der Waals surface area (Å²) in [5, 5.41) is 8.76. The van der Waals surface area contributed by atoms with Crippen molar-refractivity contribution in [1.29, 1.82) is 0 Å². The van der Waals surface area contributed by atoms with Gasteiger partial charge >= 0.3 is 0 Å². The Hall–Kier alpha value is -4.39. The molecule has 0 N–H and O–H groups in total. The second kappa shape index (κ2) is 7.79. The molecule has 1 aliphatic rings. The van der Waals surface area contributed by atoms with Crippen molar-refractivity contribution >= 4 is 23.5 Å². The molecule has 5 rings (SSSR count). The van der Waals surface area contributed by atoms with Gasteiger partial charge in [0.2, 0.25) is 0 Å². The van der Waals surface area contributed by atoms with E-state index in [0.29, 0.717) is 28.1 Å². The number of para-hydroxylation sites is 1. The van der Waals surface area contributed by atoms with E-state index in [4.69, 9.17) is 0 Å². The fourth-order valence-corrected chi connectivity index (χ4v) is 3.51. The van der Waals surface area contributed by atoms with Crippen LogP contribution in [0.2, 0.25) is 0 Å². The van der Waals surface area contributed by atoms with Crippen LogP contribution in [-0.4, -0.2) is 36.7 Å². The summed E-state index contributed by atoms with van der Waals surface area (Å²) in [6.07, 6.45) is 4.90. The van der Waals surface area contributed by atoms with Gasteiger partial charge in [-0.05, 0) is 36.4 Å². The second-order valence-electron chi connectivity index (χ2n) is 7.02. The van der Waals surface area contributed by atoms with E-state index < -0.39 is 0 Å². The van der Waals surface area contributed by atoms with Crippen LogP contribution in [-0.2, 0) is 11.3 Å². The Kier molecular flexibility index (Phi) is 4.68. The van der Waals surface area contributed by atoms with Crippen molar-refractivity contribution in [3.8, 4) is 5.69 Å². The van der Waals surface area contributed by atoms with Gasteiger partial charge in [0.15, 0.2) is 0 Å². The van der Waals surface area contributed by atoms with Gasteiger partial charge in [-0.1, -0.05) is 42.5 Å². The first-order chi connectivity index (χ1) is 15.2. The highest BCUT2D eigenvalue weighted by Crippen LogP contribution is 2.30. The van der Waals surface area contributed by atoms with Crippen LogP contribution in [0.4, 0.5) is 0 Å². The number of amides is 2. The van der Waals surface area contributed by atoms with Gasteiger partial charge in [-0.3, -0.25) is 19.5 Å². The van der Waals surface area contributed by atoms with Crippen molar-refractivity contribution in [3.05, 3.63) is 108 Å². The molecule has 1 aliphatic heterocycles. The maximum Gasteiger partial charge on any atom is 0.261 e. The Morgan fingerprint density at radius 3 is 2.32 bits per heavy atom. The number of fused-ring (bicyclic) bond motifs is 1. The zero-order chi connectivity index (χ0) is 21.2. The van der Waals surface area contributed by atoms with Crippen molar-refractivity contribution in [3.63, 3.8) is 0 Å². The molecule has 2 aromatic heterocycles. The van der Waals surface area contributed by atoms with E-state index in [1.165, 1.54) is 9.70 Å². The zero-order valence-electron chi connectivity index (χ0n) is 16.4. The Labute approximate surface area is 178 Å². The summed E-state index contributed by atoms with van der Waals surface area (Å²) in [5.74, 6) is -0.722. The summed E-state index contributed by atoms with van der Waals surface area (Å²) in [6, 6.07) is 22.0. The minimum Gasteiger partial charge on any atom is -0.269 e. The standard InChI is InChI=1S/C24H17N5O2/c30-23-21-12-5-4-11-20(21)22(24(31)28(23)16-17-8-6-7-13-25-17)14-18-15-26-29(27-18)19-9-2-1-3-10-19/h1-15H,16H2. The molecule has 0 spiro atoms. The summed E-state index contributed by atoms with van der Waals surface area (Å²) in [6.45, 7) is 0.0981. The maximum absolute atomic E-state index is 13.3. The van der Waals surface area contributed by atoms with Crippen LogP contribution in [0.5, 0.6) is 0 Å². The fourth-order valence-electron chi connectivity index (χ4n) is 3.51. The molecule has 31 heavy (non-hydrogen) atoms. The number of pyridine rings is 1. The number of carbonyl (C=O) groups excluding carboxylic acids is 2. The van der Waals surface area contributed by atoms with Gasteiger partial charge < -0.3 is 0 Å². The van der Waals surface area contributed by atoms with Crippen molar-refractivity contribution in [2.75, 3.05) is 0 Å². The maximum atomic E-state index is 13.3. The number of aromatic nitrogens is 4. The first-order valence-corrected chi connectivity index (χ1v) is 9.76. The number of nitrogens with zero attached hydrogens (tertiary/aromatic N) is 5. The van der Waals surface area contributed by atoms with Crippen LogP contribution in [0.1, 0.15) is 27.3 Å². The summed E-state index contributed by atoms with van der Waals surface area (Å²) in [5.41, 5.74) is 3.43. The number of hydrogen-bond acceptors (Lipinski definition) is 5. The smallest absolute Gasteiger partial charge is 0.261 e. The third-order valence-electron chi connectivity index (χ3n) is 5.00. The number of benzene rings is 2. The lowest BCUT2D eigenvalue weighted by Crippen LogP contribution is -2.41. The first-order valence-electron chi connectivity index (χ1n) is 9.76. The Morgan fingerprint density at radius 1 is 0.806 bits per heavy atom. The van der Waals surface area contributed by atoms with E-state index in [2.05, 4.69) is 15.2 Å². The van der Waals surface area contributed by atoms with E-state index in [1.807, 2.05) is 42.5 Å². The molecule has 0 radical (unpaired) electrons. The van der Waals surface area contributed by atoms with Crippen LogP contribution >= 0.6 is 0 Å². The van der Waals surface area contributed by atoms with Crippen molar-refractivity contribution in [2.45, 2.75) is 6.54 Å². The molecule has 7 nitrogen and oxygen atoms in total. The molecule has 0 aliphatic carbocycles. The Balaban J connectivity index is 1.55. The third kappa shape index (κ3) is 3.53. The molecule has 0 bridgehead atoms. The number of rotatable bonds is 4. The normalized spacial score (nSPS) is 14.7. The molecule has 0 fully saturated rings. The lowest BCUT2D eigenvalue weighted by Gasteiger charge is -2.28. The molecule has 150 valence electrons. The highest BCUT2D eigenvalue weighted by molar-refractivity contribution is 6.33. The van der Waals surface area contributed by atoms with Crippen LogP contribution in [0.15, 0.2) is 85.2 Å². The SMILES string of the molecule is O=C1C(=Cc2cnn(-c3ccccc3)n2)c2ccccc2C(=O)N1Cc1ccccn1. The average Bonchev–Trinajstić information content (AvgIpc) is 3.29. The second-order valence-corrected chi connectivity index (χ2v) is 7.02. The molecule has 0 saturated heterocycles. The molecular weight excluding hydrogens is 390 g/mol. The van der Waals surface area contributed by atoms with Crippen molar-refractivity contribution in [1.82, 2.24) is 24.9 Å². The Bertz CT molecular complexity index is 1300. The van der Waals surface area contributed by atoms with Gasteiger partial charge in [0.05, 0.1) is 29.7 Å². The van der Waals surface area contributed by atoms with E-state index in [0.717, 1.165) is 5.69 Å². The van der Waals surface area contributed by atoms with E-state index in [1.54, 1.807) is 48.8 Å². The molecule has 4 aromatic rings. The molecule has 0 atom stereocenters. The molecular formula is C24H17N5O2. The van der Waals surface area contributed by atoms with Gasteiger partial charge in [-0.15, -0.1) is 5.10 Å². The molecule has 0 unspecified atom stereocenters. The van der Waals surface area contributed by atoms with Gasteiger partial charge in [0, 0.05) is 17.3 Å². The number of hydrogen-bond donors (Lipinski definition) is 0. The van der Waals surface area contributed by atoms with Gasteiger partial charge in [0.1, 0.15) is 5.69 Å². The Morgan fingerprint density at radius 2 is 1.55 bits per heavy atom. The largest absolute Gasteiger partial charge is 0.269 e. The molecule has 2 aromatic carbocycles. The van der Waals surface area contributed by atoms with Crippen LogP contribution < -0.4 is 0 Å². The lowest BCUT2D eigenvalue weighted by molar-refractivity contribution is -0.123. The van der Waals surface area contributed by atoms with Crippen LogP contribution in [0.3, 0.4) is 0 Å². The zero-order valence-corrected chi connectivity index (χ0v) is 16.4. The van der Waals surface area contributed by atoms with E-state index in [-0.39, 0.29) is 18.4 Å². The van der Waals surface area contributed by atoms with Crippen LogP contribution in [0, 0.1) is 0 Å². The topological polar surface area (TPSA) is 81.0 Å². The van der Waals surface area contributed by atoms with E-state index >= 15 is 0 Å². The minimum atomic E-state index is -0.386. The van der Waals surface area contributed by atoms with Gasteiger partial charge in [0.25, 0.3) is 11.8 Å². The number of carbonyl (C=O) groups is 2. The summed E-state index contributed by atoms with van der Waals surface area (Å²) in [7, 11) is 0. The summed E-state index contributed by atoms with van der Waals surface area (Å²) in [4.78, 5) is 33.3. The lowest BCUT2D eigenvalue weighted by atomic mass is 9.92. The third-order valence-corrected chi connectivity index (χ3v) is 5.00.